The summed E-state index contributed by atoms with van der Waals surface area (Å²) < 4.78 is 16.4. The lowest BCUT2D eigenvalue weighted by Crippen LogP contribution is -2.23. The Bertz CT molecular complexity index is 1070. The minimum Gasteiger partial charge on any atom is -0.305 e. The third-order valence-corrected chi connectivity index (χ3v) is 7.90. The van der Waals surface area contributed by atoms with E-state index in [-0.39, 0.29) is 5.82 Å². The Hall–Kier alpha value is -2.25. The Morgan fingerprint density at radius 2 is 2.16 bits per heavy atom. The van der Waals surface area contributed by atoms with Gasteiger partial charge in [0.05, 0.1) is 0 Å². The lowest BCUT2D eigenvalue weighted by molar-refractivity contribution is 0.319. The van der Waals surface area contributed by atoms with E-state index >= 15 is 0 Å². The summed E-state index contributed by atoms with van der Waals surface area (Å²) in [5.41, 5.74) is 3.22. The van der Waals surface area contributed by atoms with Crippen LogP contribution in [0.3, 0.4) is 0 Å². The fraction of sp³-hybridized carbons (Fsp3) is 0.458. The molecular weight excluding hydrogens is 409 g/mol. The number of nitrogens with zero attached hydrogens (tertiary/aromatic N) is 5. The summed E-state index contributed by atoms with van der Waals surface area (Å²) in [7, 11) is 2.01. The molecule has 3 heterocycles. The highest BCUT2D eigenvalue weighted by molar-refractivity contribution is 7.99. The van der Waals surface area contributed by atoms with Crippen LogP contribution in [-0.4, -0.2) is 50.0 Å². The quantitative estimate of drug-likeness (QED) is 0.397. The summed E-state index contributed by atoms with van der Waals surface area (Å²) in [5.74, 6) is 2.24. The van der Waals surface area contributed by atoms with Gasteiger partial charge < -0.3 is 9.47 Å². The number of hydrogen-bond acceptors (Lipinski definition) is 5. The summed E-state index contributed by atoms with van der Waals surface area (Å²) in [6.07, 6.45) is 7.01. The van der Waals surface area contributed by atoms with Crippen LogP contribution < -0.4 is 0 Å². The molecule has 5 rings (SSSR count). The number of aryl methyl sites for hydroxylation is 1. The molecule has 1 aliphatic heterocycles. The molecule has 31 heavy (non-hydrogen) atoms. The number of pyridine rings is 1. The molecule has 0 amide bonds. The van der Waals surface area contributed by atoms with E-state index in [9.17, 15) is 4.39 Å². The number of halogens is 1. The van der Waals surface area contributed by atoms with Crippen molar-refractivity contribution >= 4 is 11.8 Å². The third kappa shape index (κ3) is 4.13. The molecule has 2 fully saturated rings. The topological polar surface area (TPSA) is 46.8 Å². The minimum atomic E-state index is -0.0222. The highest BCUT2D eigenvalue weighted by Gasteiger charge is 2.58. The van der Waals surface area contributed by atoms with E-state index < -0.39 is 0 Å². The van der Waals surface area contributed by atoms with Crippen LogP contribution in [0.15, 0.2) is 47.9 Å². The molecule has 0 radical (unpaired) electrons. The van der Waals surface area contributed by atoms with Gasteiger partial charge in [-0.25, -0.2) is 4.39 Å². The first-order valence-electron chi connectivity index (χ1n) is 11.0. The monoisotopic (exact) mass is 437 g/mol. The molecule has 2 aromatic heterocycles. The fourth-order valence-electron chi connectivity index (χ4n) is 4.97. The molecule has 1 aliphatic carbocycles. The maximum absolute atomic E-state index is 14.4. The van der Waals surface area contributed by atoms with E-state index in [2.05, 4.69) is 20.1 Å². The normalized spacial score (nSPS) is 23.0. The summed E-state index contributed by atoms with van der Waals surface area (Å²) in [6, 6.07) is 9.64. The van der Waals surface area contributed by atoms with Crippen LogP contribution >= 0.6 is 11.8 Å². The Kier molecular flexibility index (Phi) is 5.56. The molecule has 0 N–H and O–H groups in total. The Balaban J connectivity index is 1.10. The lowest BCUT2D eigenvalue weighted by atomic mass is 9.97. The first kappa shape index (κ1) is 20.6. The van der Waals surface area contributed by atoms with Crippen LogP contribution in [0.1, 0.15) is 36.3 Å². The molecule has 1 saturated carbocycles. The van der Waals surface area contributed by atoms with E-state index in [1.54, 1.807) is 24.0 Å². The highest BCUT2D eigenvalue weighted by Crippen LogP contribution is 2.64. The van der Waals surface area contributed by atoms with Crippen LogP contribution in [0.2, 0.25) is 0 Å². The largest absolute Gasteiger partial charge is 0.305 e. The summed E-state index contributed by atoms with van der Waals surface area (Å²) in [5, 5.41) is 9.62. The number of thioether (sulfide) groups is 1. The SMILES string of the molecule is Cc1ccc([C@H]2C[C@]23CCN(CCCSc2nnc(-c4cccnc4)n2C)C3)c(F)c1. The van der Waals surface area contributed by atoms with Crippen LogP contribution in [0.4, 0.5) is 4.39 Å². The van der Waals surface area contributed by atoms with Crippen molar-refractivity contribution in [3.8, 4) is 11.4 Å². The number of aromatic nitrogens is 4. The summed E-state index contributed by atoms with van der Waals surface area (Å²) in [6.45, 7) is 5.27. The van der Waals surface area contributed by atoms with Crippen molar-refractivity contribution in [3.63, 3.8) is 0 Å². The Labute approximate surface area is 187 Å². The van der Waals surface area contributed by atoms with Crippen LogP contribution in [0.25, 0.3) is 11.4 Å². The number of rotatable bonds is 7. The average molecular weight is 438 g/mol. The second kappa shape index (κ2) is 8.36. The number of benzene rings is 1. The third-order valence-electron chi connectivity index (χ3n) is 6.79. The Morgan fingerprint density at radius 1 is 1.26 bits per heavy atom. The zero-order valence-electron chi connectivity index (χ0n) is 18.1. The standard InChI is InChI=1S/C24H28FN5S/c1-17-6-7-19(21(25)13-17)20-14-24(20)8-11-30(16-24)10-4-12-31-23-28-27-22(29(23)2)18-5-3-9-26-15-18/h3,5-7,9,13,15,20H,4,8,10-12,14,16H2,1-2H3/t20-,24+/m1/s1. The fourth-order valence-corrected chi connectivity index (χ4v) is 5.80. The van der Waals surface area contributed by atoms with Crippen LogP contribution in [0, 0.1) is 18.2 Å². The van der Waals surface area contributed by atoms with Gasteiger partial charge in [0.15, 0.2) is 11.0 Å². The zero-order valence-corrected chi connectivity index (χ0v) is 18.9. The molecule has 0 unspecified atom stereocenters. The van der Waals surface area contributed by atoms with Crippen molar-refractivity contribution < 1.29 is 4.39 Å². The molecule has 3 aromatic rings. The molecule has 162 valence electrons. The van der Waals surface area contributed by atoms with Crippen molar-refractivity contribution in [1.29, 1.82) is 0 Å². The minimum absolute atomic E-state index is 0.0222. The van der Waals surface area contributed by atoms with E-state index in [1.807, 2.05) is 49.0 Å². The molecule has 1 aromatic carbocycles. The van der Waals surface area contributed by atoms with Gasteiger partial charge in [-0.3, -0.25) is 4.98 Å². The van der Waals surface area contributed by atoms with Crippen molar-refractivity contribution in [2.75, 3.05) is 25.4 Å². The Morgan fingerprint density at radius 3 is 2.97 bits per heavy atom. The lowest BCUT2D eigenvalue weighted by Gasteiger charge is -2.16. The van der Waals surface area contributed by atoms with Gasteiger partial charge in [0, 0.05) is 37.3 Å². The second-order valence-corrected chi connectivity index (χ2v) is 10.0. The van der Waals surface area contributed by atoms with Crippen molar-refractivity contribution in [2.45, 2.75) is 37.3 Å². The maximum atomic E-state index is 14.4. The van der Waals surface area contributed by atoms with Crippen molar-refractivity contribution in [3.05, 3.63) is 59.7 Å². The molecule has 0 bridgehead atoms. The first-order valence-corrected chi connectivity index (χ1v) is 12.0. The van der Waals surface area contributed by atoms with Gasteiger partial charge in [0.25, 0.3) is 0 Å². The molecule has 5 nitrogen and oxygen atoms in total. The first-order chi connectivity index (χ1) is 15.1. The van der Waals surface area contributed by atoms with Gasteiger partial charge in [0.2, 0.25) is 0 Å². The van der Waals surface area contributed by atoms with Gasteiger partial charge in [-0.1, -0.05) is 23.9 Å². The predicted molar refractivity (Wildman–Crippen MR) is 122 cm³/mol. The smallest absolute Gasteiger partial charge is 0.191 e. The number of likely N-dealkylation sites (tertiary alicyclic amines) is 1. The summed E-state index contributed by atoms with van der Waals surface area (Å²) in [4.78, 5) is 6.73. The van der Waals surface area contributed by atoms with Gasteiger partial charge in [-0.05, 0) is 79.9 Å². The van der Waals surface area contributed by atoms with Crippen molar-refractivity contribution in [1.82, 2.24) is 24.6 Å². The predicted octanol–water partition coefficient (Wildman–Crippen LogP) is 4.69. The maximum Gasteiger partial charge on any atom is 0.191 e. The zero-order chi connectivity index (χ0) is 21.4. The molecule has 7 heteroatoms. The van der Waals surface area contributed by atoms with E-state index in [1.165, 1.54) is 6.42 Å². The van der Waals surface area contributed by atoms with Gasteiger partial charge in [-0.15, -0.1) is 10.2 Å². The van der Waals surface area contributed by atoms with Crippen LogP contribution in [-0.2, 0) is 7.05 Å². The highest BCUT2D eigenvalue weighted by atomic mass is 32.2. The van der Waals surface area contributed by atoms with E-state index in [0.717, 1.165) is 65.9 Å². The van der Waals surface area contributed by atoms with Crippen molar-refractivity contribution in [2.24, 2.45) is 12.5 Å². The van der Waals surface area contributed by atoms with Gasteiger partial charge >= 0.3 is 0 Å². The van der Waals surface area contributed by atoms with Gasteiger partial charge in [-0.2, -0.15) is 0 Å². The average Bonchev–Trinajstić information content (AvgIpc) is 3.10. The molecule has 2 atom stereocenters. The van der Waals surface area contributed by atoms with E-state index in [0.29, 0.717) is 11.3 Å². The molecule has 1 saturated heterocycles. The summed E-state index contributed by atoms with van der Waals surface area (Å²) >= 11 is 1.75. The molecule has 1 spiro atoms. The van der Waals surface area contributed by atoms with E-state index in [4.69, 9.17) is 0 Å². The van der Waals surface area contributed by atoms with Crippen LogP contribution in [0.5, 0.6) is 0 Å². The molecular formula is C24H28FN5S. The number of hydrogen-bond donors (Lipinski definition) is 0. The second-order valence-electron chi connectivity index (χ2n) is 8.98. The molecule has 2 aliphatic rings. The van der Waals surface area contributed by atoms with Gasteiger partial charge in [0.1, 0.15) is 5.82 Å².